The number of carbonyl (C=O) groups is 1. The lowest BCUT2D eigenvalue weighted by molar-refractivity contribution is -0.308. The van der Waals surface area contributed by atoms with E-state index in [4.69, 9.17) is 0 Å². The Morgan fingerprint density at radius 1 is 1.43 bits per heavy atom. The molecule has 0 fully saturated rings. The van der Waals surface area contributed by atoms with Crippen LogP contribution in [0.5, 0.6) is 0 Å². The number of aliphatic carboxylic acids is 1. The molecule has 1 aliphatic rings. The van der Waals surface area contributed by atoms with E-state index in [1.165, 1.54) is 30.1 Å². The number of anilines is 1. The molecule has 2 N–H and O–H groups in total. The van der Waals surface area contributed by atoms with Crippen molar-refractivity contribution in [2.24, 2.45) is 0 Å². The Labute approximate surface area is 125 Å². The summed E-state index contributed by atoms with van der Waals surface area (Å²) < 4.78 is 0. The van der Waals surface area contributed by atoms with Crippen molar-refractivity contribution in [3.63, 3.8) is 0 Å². The smallest absolute Gasteiger partial charge is 0.139 e. The Balaban J connectivity index is 2.06. The molecule has 0 amide bonds. The Morgan fingerprint density at radius 3 is 2.90 bits per heavy atom. The maximum absolute atomic E-state index is 11.1. The normalized spacial score (nSPS) is 17.2. The number of aryl methyl sites for hydroxylation is 2. The molecule has 21 heavy (non-hydrogen) atoms. The summed E-state index contributed by atoms with van der Waals surface area (Å²) in [5.74, 6) is -0.879. The van der Waals surface area contributed by atoms with Gasteiger partial charge in [0.2, 0.25) is 0 Å². The zero-order valence-corrected chi connectivity index (χ0v) is 12.4. The van der Waals surface area contributed by atoms with Crippen molar-refractivity contribution in [1.29, 1.82) is 0 Å². The first-order valence-electron chi connectivity index (χ1n) is 6.98. The van der Waals surface area contributed by atoms with Gasteiger partial charge in [0.15, 0.2) is 0 Å². The average molecular weight is 306 g/mol. The molecule has 6 nitrogen and oxygen atoms in total. The number of hydrogen-bond acceptors (Lipinski definition) is 7. The van der Waals surface area contributed by atoms with E-state index < -0.39 is 18.1 Å². The number of aromatic nitrogens is 2. The van der Waals surface area contributed by atoms with Gasteiger partial charge < -0.3 is 20.3 Å². The van der Waals surface area contributed by atoms with Gasteiger partial charge in [0.05, 0.1) is 23.5 Å². The van der Waals surface area contributed by atoms with Gasteiger partial charge in [-0.15, -0.1) is 11.3 Å². The van der Waals surface area contributed by atoms with E-state index in [0.29, 0.717) is 5.82 Å². The van der Waals surface area contributed by atoms with Gasteiger partial charge in [-0.3, -0.25) is 0 Å². The molecule has 7 heteroatoms. The lowest BCUT2D eigenvalue weighted by Crippen LogP contribution is -2.47. The van der Waals surface area contributed by atoms with Gasteiger partial charge in [-0.2, -0.15) is 0 Å². The molecule has 0 bridgehead atoms. The van der Waals surface area contributed by atoms with Crippen LogP contribution in [0.25, 0.3) is 10.2 Å². The number of nitrogens with one attached hydrogen (secondary N) is 1. The highest BCUT2D eigenvalue weighted by Crippen LogP contribution is 2.38. The van der Waals surface area contributed by atoms with E-state index in [0.717, 1.165) is 29.5 Å². The van der Waals surface area contributed by atoms with Gasteiger partial charge in [-0.25, -0.2) is 9.97 Å². The summed E-state index contributed by atoms with van der Waals surface area (Å²) in [6.07, 6.45) is 4.63. The Hall–Kier alpha value is -1.73. The van der Waals surface area contributed by atoms with Crippen molar-refractivity contribution in [3.8, 4) is 0 Å². The molecule has 2 aromatic heterocycles. The highest BCUT2D eigenvalue weighted by atomic mass is 32.1. The van der Waals surface area contributed by atoms with Crippen LogP contribution in [0.3, 0.4) is 0 Å². The average Bonchev–Trinajstić information content (AvgIpc) is 2.83. The number of thiophene rings is 1. The van der Waals surface area contributed by atoms with Gasteiger partial charge in [0, 0.05) is 4.88 Å². The van der Waals surface area contributed by atoms with Crippen LogP contribution < -0.4 is 10.4 Å². The number of fused-ring (bicyclic) bond motifs is 3. The summed E-state index contributed by atoms with van der Waals surface area (Å²) in [6, 6.07) is -1.19. The predicted molar refractivity (Wildman–Crippen MR) is 78.2 cm³/mol. The Bertz CT molecular complexity index is 683. The minimum atomic E-state index is -1.35. The molecule has 0 unspecified atom stereocenters. The molecule has 112 valence electrons. The predicted octanol–water partition coefficient (Wildman–Crippen LogP) is 0.481. The number of carboxylic acids is 1. The highest BCUT2D eigenvalue weighted by molar-refractivity contribution is 7.19. The fourth-order valence-corrected chi connectivity index (χ4v) is 3.95. The van der Waals surface area contributed by atoms with E-state index in [1.807, 2.05) is 0 Å². The van der Waals surface area contributed by atoms with Crippen LogP contribution in [0.15, 0.2) is 6.33 Å². The van der Waals surface area contributed by atoms with E-state index in [1.54, 1.807) is 11.3 Å². The third kappa shape index (κ3) is 2.58. The van der Waals surface area contributed by atoms with Gasteiger partial charge >= 0.3 is 0 Å². The topological polar surface area (TPSA) is 98.2 Å². The zero-order valence-electron chi connectivity index (χ0n) is 11.6. The molecule has 0 saturated heterocycles. The molecule has 2 heterocycles. The van der Waals surface area contributed by atoms with Gasteiger partial charge in [0.25, 0.3) is 0 Å². The van der Waals surface area contributed by atoms with Crippen molar-refractivity contribution in [2.75, 3.05) is 5.32 Å². The van der Waals surface area contributed by atoms with Gasteiger partial charge in [0.1, 0.15) is 17.0 Å². The number of nitrogens with zero attached hydrogens (tertiary/aromatic N) is 2. The van der Waals surface area contributed by atoms with Crippen molar-refractivity contribution in [2.45, 2.75) is 44.8 Å². The summed E-state index contributed by atoms with van der Waals surface area (Å²) >= 11 is 1.64. The van der Waals surface area contributed by atoms with Crippen LogP contribution in [0.1, 0.15) is 30.2 Å². The van der Waals surface area contributed by atoms with Crippen LogP contribution >= 0.6 is 11.3 Å². The largest absolute Gasteiger partial charge is 0.548 e. The number of rotatable bonds is 4. The van der Waals surface area contributed by atoms with Crippen molar-refractivity contribution >= 4 is 33.3 Å². The molecule has 0 aliphatic heterocycles. The molecule has 3 rings (SSSR count). The first-order chi connectivity index (χ1) is 10.1. The summed E-state index contributed by atoms with van der Waals surface area (Å²) in [6.45, 7) is 1.41. The summed E-state index contributed by atoms with van der Waals surface area (Å²) in [5, 5.41) is 24.4. The van der Waals surface area contributed by atoms with Crippen molar-refractivity contribution in [1.82, 2.24) is 9.97 Å². The molecule has 0 aromatic carbocycles. The van der Waals surface area contributed by atoms with Crippen LogP contribution in [-0.2, 0) is 17.6 Å². The first kappa shape index (κ1) is 14.2. The van der Waals surface area contributed by atoms with Crippen LogP contribution in [0, 0.1) is 0 Å². The second-order valence-corrected chi connectivity index (χ2v) is 6.38. The van der Waals surface area contributed by atoms with E-state index >= 15 is 0 Å². The maximum atomic E-state index is 11.1. The van der Waals surface area contributed by atoms with Crippen molar-refractivity contribution < 1.29 is 15.0 Å². The van der Waals surface area contributed by atoms with Crippen LogP contribution in [0.2, 0.25) is 0 Å². The maximum Gasteiger partial charge on any atom is 0.139 e. The number of carboxylic acid groups (broad SMARTS) is 1. The van der Waals surface area contributed by atoms with Gasteiger partial charge in [-0.1, -0.05) is 0 Å². The fraction of sp³-hybridized carbons (Fsp3) is 0.500. The highest BCUT2D eigenvalue weighted by Gasteiger charge is 2.23. The standard InChI is InChI=1S/C14H17N3O3S/c1-7(18)11(14(19)20)17-12-10-8-4-2-3-5-9(8)21-13(10)16-6-15-12/h6-7,11,18H,2-5H2,1H3,(H,19,20)(H,15,16,17)/p-1/t7-,11+/m1/s1. The van der Waals surface area contributed by atoms with Crippen molar-refractivity contribution in [3.05, 3.63) is 16.8 Å². The minimum Gasteiger partial charge on any atom is -0.548 e. The Kier molecular flexibility index (Phi) is 3.77. The van der Waals surface area contributed by atoms with Crippen LogP contribution in [0.4, 0.5) is 5.82 Å². The third-order valence-electron chi connectivity index (χ3n) is 3.78. The van der Waals surface area contributed by atoms with E-state index in [-0.39, 0.29) is 0 Å². The molecular formula is C14H16N3O3S-. The number of aliphatic hydroxyl groups is 1. The van der Waals surface area contributed by atoms with Gasteiger partial charge in [-0.05, 0) is 38.2 Å². The third-order valence-corrected chi connectivity index (χ3v) is 4.98. The first-order valence-corrected chi connectivity index (χ1v) is 7.80. The quantitative estimate of drug-likeness (QED) is 0.852. The molecule has 0 spiro atoms. The number of carbonyl (C=O) groups excluding carboxylic acids is 1. The Morgan fingerprint density at radius 2 is 2.19 bits per heavy atom. The molecule has 2 aromatic rings. The fourth-order valence-electron chi connectivity index (χ4n) is 2.72. The summed E-state index contributed by atoms with van der Waals surface area (Å²) in [7, 11) is 0. The summed E-state index contributed by atoms with van der Waals surface area (Å²) in [5.41, 5.74) is 1.21. The lowest BCUT2D eigenvalue weighted by atomic mass is 9.97. The molecule has 0 radical (unpaired) electrons. The molecule has 2 atom stereocenters. The zero-order chi connectivity index (χ0) is 15.0. The second kappa shape index (κ2) is 5.57. The summed E-state index contributed by atoms with van der Waals surface area (Å²) in [4.78, 5) is 21.8. The monoisotopic (exact) mass is 306 g/mol. The second-order valence-electron chi connectivity index (χ2n) is 5.29. The van der Waals surface area contributed by atoms with E-state index in [9.17, 15) is 15.0 Å². The SMILES string of the molecule is C[C@@H](O)[C@H](Nc1ncnc2sc3c(c12)CCCC3)C(=O)[O-]. The molecule has 1 aliphatic carbocycles. The minimum absolute atomic E-state index is 0.467. The lowest BCUT2D eigenvalue weighted by Gasteiger charge is -2.23. The van der Waals surface area contributed by atoms with Crippen LogP contribution in [-0.4, -0.2) is 33.2 Å². The molecule has 0 saturated carbocycles. The molecular weight excluding hydrogens is 290 g/mol. The number of aliphatic hydroxyl groups excluding tert-OH is 1. The number of hydrogen-bond donors (Lipinski definition) is 2. The van der Waals surface area contributed by atoms with E-state index in [2.05, 4.69) is 15.3 Å².